The van der Waals surface area contributed by atoms with Gasteiger partial charge in [-0.15, -0.1) is 0 Å². The molecule has 5 amide bonds. The Balaban J connectivity index is 2.23. The van der Waals surface area contributed by atoms with Crippen molar-refractivity contribution in [3.8, 4) is 0 Å². The number of fused-ring (bicyclic) bond motifs is 1. The fraction of sp³-hybridized carbons (Fsp3) is 0.545. The number of imide groups is 1. The molecule has 0 saturated heterocycles. The Morgan fingerprint density at radius 3 is 2.20 bits per heavy atom. The normalized spacial score (nSPS) is 23.9. The molecule has 0 fully saturated rings. The quantitative estimate of drug-likeness (QED) is 0.585. The van der Waals surface area contributed by atoms with Gasteiger partial charge >= 0.3 is 12.1 Å². The van der Waals surface area contributed by atoms with Crippen molar-refractivity contribution in [1.29, 1.82) is 0 Å². The molecular formula is C11H16N6O3. The van der Waals surface area contributed by atoms with Crippen molar-refractivity contribution in [3.63, 3.8) is 0 Å². The highest BCUT2D eigenvalue weighted by molar-refractivity contribution is 6.10. The van der Waals surface area contributed by atoms with Gasteiger partial charge in [0.15, 0.2) is 12.2 Å². The van der Waals surface area contributed by atoms with E-state index in [9.17, 15) is 14.4 Å². The summed E-state index contributed by atoms with van der Waals surface area (Å²) in [5.41, 5.74) is 0. The molecule has 0 aliphatic carbocycles. The third-order valence-electron chi connectivity index (χ3n) is 2.94. The van der Waals surface area contributed by atoms with Crippen LogP contribution in [0.3, 0.4) is 0 Å². The van der Waals surface area contributed by atoms with Crippen LogP contribution in [0.1, 0.15) is 0 Å². The van der Waals surface area contributed by atoms with Crippen LogP contribution in [0, 0.1) is 0 Å². The molecule has 2 atom stereocenters. The van der Waals surface area contributed by atoms with Crippen molar-refractivity contribution >= 4 is 30.6 Å². The molecule has 0 aromatic rings. The Hall–Kier alpha value is -2.45. The number of carbonyl (C=O) groups is 3. The summed E-state index contributed by atoms with van der Waals surface area (Å²) in [4.78, 5) is 48.9. The molecular weight excluding hydrogens is 264 g/mol. The highest BCUT2D eigenvalue weighted by Gasteiger charge is 2.45. The average Bonchev–Trinajstić information content (AvgIpc) is 2.81. The van der Waals surface area contributed by atoms with Gasteiger partial charge in [0.1, 0.15) is 6.34 Å². The molecule has 2 aliphatic rings. The van der Waals surface area contributed by atoms with Gasteiger partial charge in [-0.2, -0.15) is 0 Å². The summed E-state index contributed by atoms with van der Waals surface area (Å²) in [6.45, 7) is 0. The lowest BCUT2D eigenvalue weighted by Crippen LogP contribution is -2.55. The van der Waals surface area contributed by atoms with Crippen molar-refractivity contribution in [2.75, 3.05) is 28.2 Å². The Morgan fingerprint density at radius 2 is 1.65 bits per heavy atom. The van der Waals surface area contributed by atoms with E-state index in [0.717, 1.165) is 11.2 Å². The SMILES string of the molecule is CN(C)C(=O)N1C=NC2C(N=CN2C(=O)N(C)C)C1=O. The molecule has 2 heterocycles. The van der Waals surface area contributed by atoms with Gasteiger partial charge in [-0.3, -0.25) is 14.7 Å². The van der Waals surface area contributed by atoms with Crippen LogP contribution >= 0.6 is 0 Å². The molecule has 0 aromatic heterocycles. The standard InChI is InChI=1S/C11H16N6O3/c1-14(2)10(19)16-5-12-7-8(16)13-6-17(9(7)18)11(20)15(3)4/h5-8H,1-4H3. The maximum absolute atomic E-state index is 12.2. The van der Waals surface area contributed by atoms with Gasteiger partial charge in [-0.1, -0.05) is 0 Å². The smallest absolute Gasteiger partial charge is 0.330 e. The van der Waals surface area contributed by atoms with E-state index in [1.165, 1.54) is 35.1 Å². The summed E-state index contributed by atoms with van der Waals surface area (Å²) in [6, 6.07) is -1.68. The summed E-state index contributed by atoms with van der Waals surface area (Å²) >= 11 is 0. The predicted molar refractivity (Wildman–Crippen MR) is 71.4 cm³/mol. The van der Waals surface area contributed by atoms with Gasteiger partial charge in [0.25, 0.3) is 5.91 Å². The van der Waals surface area contributed by atoms with Gasteiger partial charge in [-0.25, -0.2) is 19.5 Å². The molecule has 9 nitrogen and oxygen atoms in total. The molecule has 2 aliphatic heterocycles. The number of urea groups is 2. The minimum absolute atomic E-state index is 0.321. The number of hydrogen-bond acceptors (Lipinski definition) is 5. The first-order valence-corrected chi connectivity index (χ1v) is 5.95. The lowest BCUT2D eigenvalue weighted by atomic mass is 10.2. The van der Waals surface area contributed by atoms with Crippen molar-refractivity contribution in [2.24, 2.45) is 9.98 Å². The van der Waals surface area contributed by atoms with E-state index < -0.39 is 24.1 Å². The molecule has 0 radical (unpaired) electrons. The van der Waals surface area contributed by atoms with Crippen LogP contribution in [-0.4, -0.2) is 90.6 Å². The van der Waals surface area contributed by atoms with Crippen molar-refractivity contribution < 1.29 is 14.4 Å². The monoisotopic (exact) mass is 280 g/mol. The first kappa shape index (κ1) is 14.0. The van der Waals surface area contributed by atoms with Gasteiger partial charge in [0.05, 0.1) is 6.34 Å². The van der Waals surface area contributed by atoms with E-state index in [-0.39, 0.29) is 6.03 Å². The van der Waals surface area contributed by atoms with Crippen molar-refractivity contribution in [2.45, 2.75) is 12.2 Å². The maximum atomic E-state index is 12.2. The summed E-state index contributed by atoms with van der Waals surface area (Å²) in [7, 11) is 6.27. The van der Waals surface area contributed by atoms with E-state index >= 15 is 0 Å². The van der Waals surface area contributed by atoms with Crippen molar-refractivity contribution in [1.82, 2.24) is 19.6 Å². The van der Waals surface area contributed by atoms with Crippen LogP contribution in [0.5, 0.6) is 0 Å². The van der Waals surface area contributed by atoms with Crippen LogP contribution in [0.25, 0.3) is 0 Å². The van der Waals surface area contributed by atoms with Gasteiger partial charge in [0.2, 0.25) is 0 Å². The summed E-state index contributed by atoms with van der Waals surface area (Å²) in [5, 5.41) is 0. The Morgan fingerprint density at radius 1 is 1.05 bits per heavy atom. The van der Waals surface area contributed by atoms with Gasteiger partial charge in [0, 0.05) is 28.2 Å². The van der Waals surface area contributed by atoms with Crippen LogP contribution in [0.15, 0.2) is 9.98 Å². The fourth-order valence-corrected chi connectivity index (χ4v) is 1.87. The van der Waals surface area contributed by atoms with E-state index in [1.807, 2.05) is 0 Å². The molecule has 2 unspecified atom stereocenters. The summed E-state index contributed by atoms with van der Waals surface area (Å²) < 4.78 is 0. The predicted octanol–water partition coefficient (Wildman–Crippen LogP) is -0.741. The zero-order chi connectivity index (χ0) is 15.0. The van der Waals surface area contributed by atoms with Crippen LogP contribution in [0.2, 0.25) is 0 Å². The minimum atomic E-state index is -0.868. The Labute approximate surface area is 116 Å². The molecule has 0 N–H and O–H groups in total. The second-order valence-electron chi connectivity index (χ2n) is 4.86. The highest BCUT2D eigenvalue weighted by Crippen LogP contribution is 2.21. The molecule has 0 spiro atoms. The molecule has 0 bridgehead atoms. The molecule has 0 aromatic carbocycles. The number of carbonyl (C=O) groups excluding carboxylic acids is 3. The van der Waals surface area contributed by atoms with Gasteiger partial charge < -0.3 is 9.80 Å². The number of rotatable bonds is 0. The summed E-state index contributed by atoms with van der Waals surface area (Å²) in [5.74, 6) is -0.492. The number of aliphatic imine (C=N–C) groups is 2. The summed E-state index contributed by atoms with van der Waals surface area (Å²) in [6.07, 6.45) is 1.72. The lowest BCUT2D eigenvalue weighted by molar-refractivity contribution is -0.127. The average molecular weight is 280 g/mol. The molecule has 2 rings (SSSR count). The van der Waals surface area contributed by atoms with Crippen LogP contribution in [-0.2, 0) is 4.79 Å². The van der Waals surface area contributed by atoms with E-state index in [1.54, 1.807) is 14.1 Å². The zero-order valence-electron chi connectivity index (χ0n) is 11.7. The van der Waals surface area contributed by atoms with E-state index in [0.29, 0.717) is 0 Å². The Kier molecular flexibility index (Phi) is 3.43. The second kappa shape index (κ2) is 4.91. The third-order valence-corrected chi connectivity index (χ3v) is 2.94. The van der Waals surface area contributed by atoms with E-state index in [2.05, 4.69) is 9.98 Å². The number of nitrogens with zero attached hydrogens (tertiary/aromatic N) is 6. The number of amides is 5. The first-order chi connectivity index (χ1) is 9.34. The van der Waals surface area contributed by atoms with Crippen molar-refractivity contribution in [3.05, 3.63) is 0 Å². The minimum Gasteiger partial charge on any atom is -0.330 e. The lowest BCUT2D eigenvalue weighted by Gasteiger charge is -2.31. The first-order valence-electron chi connectivity index (χ1n) is 5.95. The molecule has 108 valence electrons. The fourth-order valence-electron chi connectivity index (χ4n) is 1.87. The molecule has 9 heteroatoms. The maximum Gasteiger partial charge on any atom is 0.331 e. The number of hydrogen-bond donors (Lipinski definition) is 0. The molecule has 20 heavy (non-hydrogen) atoms. The Bertz CT molecular complexity index is 512. The second-order valence-corrected chi connectivity index (χ2v) is 4.86. The van der Waals surface area contributed by atoms with Crippen LogP contribution < -0.4 is 0 Å². The topological polar surface area (TPSA) is 88.9 Å². The van der Waals surface area contributed by atoms with Crippen LogP contribution in [0.4, 0.5) is 9.59 Å². The largest absolute Gasteiger partial charge is 0.331 e. The highest BCUT2D eigenvalue weighted by atomic mass is 16.2. The third kappa shape index (κ3) is 2.10. The van der Waals surface area contributed by atoms with E-state index in [4.69, 9.17) is 0 Å². The zero-order valence-corrected chi connectivity index (χ0v) is 11.7. The van der Waals surface area contributed by atoms with Gasteiger partial charge in [-0.05, 0) is 0 Å². The molecule has 0 saturated carbocycles.